The molecule has 4 amide bonds. The molecule has 6 N–H and O–H groups in total. The molecule has 1 aliphatic rings. The fourth-order valence-electron chi connectivity index (χ4n) is 5.03. The number of alkyl halides is 3. The Labute approximate surface area is 225 Å². The molecule has 0 spiro atoms. The smallest absolute Gasteiger partial charge is 0.398 e. The van der Waals surface area contributed by atoms with E-state index in [-0.39, 0.29) is 21.8 Å². The highest BCUT2D eigenvalue weighted by molar-refractivity contribution is 6.00. The van der Waals surface area contributed by atoms with E-state index in [9.17, 15) is 27.6 Å². The van der Waals surface area contributed by atoms with Gasteiger partial charge in [-0.25, -0.2) is 9.28 Å². The minimum Gasteiger partial charge on any atom is -0.398 e. The lowest BCUT2D eigenvalue weighted by molar-refractivity contribution is -0.137. The van der Waals surface area contributed by atoms with Crippen molar-refractivity contribution in [1.29, 1.82) is 0 Å². The molecule has 1 heterocycles. The second-order valence-corrected chi connectivity index (χ2v) is 9.83. The molecule has 212 valence electrons. The molecule has 3 rings (SSSR count). The van der Waals surface area contributed by atoms with Crippen LogP contribution in [0, 0.1) is 6.92 Å². The number of quaternary nitrogens is 1. The number of rotatable bonds is 9. The third-order valence-electron chi connectivity index (χ3n) is 7.31. The molecule has 1 fully saturated rings. The molecule has 0 bridgehead atoms. The number of likely N-dealkylation sites (tertiary alicyclic amines) is 1. The van der Waals surface area contributed by atoms with E-state index in [4.69, 9.17) is 11.5 Å². The van der Waals surface area contributed by atoms with Gasteiger partial charge >= 0.3 is 12.2 Å². The van der Waals surface area contributed by atoms with Gasteiger partial charge in [0, 0.05) is 43.0 Å². The summed E-state index contributed by atoms with van der Waals surface area (Å²) in [5.41, 5.74) is 12.9. The van der Waals surface area contributed by atoms with Crippen molar-refractivity contribution in [3.63, 3.8) is 0 Å². The normalized spacial score (nSPS) is 16.2. The standard InChI is InChI=1S/C27H35F3N6O3/c1-4-36(5-2,26(32)39)23-12-18(7-6-17(23)3)15-35-11-10-20(16-35)34-24(37)14-33-25(38)21-13-19(27(28,29)30)8-9-22(21)31/h6-9,12-13,20H,4-5,10-11,14-16H2,1-3H3,(H5-,31,32,33,34,37,38,39)/p+1/t20-/m0/s1. The number of anilines is 1. The number of carbonyl (C=O) groups excluding carboxylic acids is 3. The molecule has 9 nitrogen and oxygen atoms in total. The fraction of sp³-hybridized carbons (Fsp3) is 0.444. The van der Waals surface area contributed by atoms with Gasteiger partial charge in [0.25, 0.3) is 5.91 Å². The van der Waals surface area contributed by atoms with Crippen LogP contribution < -0.4 is 26.6 Å². The number of aryl methyl sites for hydroxylation is 1. The predicted molar refractivity (Wildman–Crippen MR) is 144 cm³/mol. The molecular weight excluding hydrogens is 513 g/mol. The Morgan fingerprint density at radius 2 is 1.79 bits per heavy atom. The van der Waals surface area contributed by atoms with Crippen LogP contribution in [-0.4, -0.2) is 61.5 Å². The molecule has 1 aliphatic heterocycles. The second-order valence-electron chi connectivity index (χ2n) is 9.83. The van der Waals surface area contributed by atoms with Crippen molar-refractivity contribution in [2.24, 2.45) is 5.73 Å². The summed E-state index contributed by atoms with van der Waals surface area (Å²) in [6.45, 7) is 8.47. The largest absolute Gasteiger partial charge is 0.419 e. The third-order valence-corrected chi connectivity index (χ3v) is 7.31. The molecule has 0 aromatic heterocycles. The Morgan fingerprint density at radius 1 is 1.10 bits per heavy atom. The minimum atomic E-state index is -4.62. The summed E-state index contributed by atoms with van der Waals surface area (Å²) in [5.74, 6) is -1.31. The first-order chi connectivity index (χ1) is 18.3. The minimum absolute atomic E-state index is 0.0657. The van der Waals surface area contributed by atoms with Crippen LogP contribution in [0.15, 0.2) is 36.4 Å². The molecule has 0 saturated carbocycles. The van der Waals surface area contributed by atoms with E-state index >= 15 is 0 Å². The SMILES string of the molecule is CC[N+](CC)(C(N)=O)c1cc(CN2CC[C@H](NC(=O)CNC(=O)c3cc(C(F)(F)F)ccc3N)C2)ccc1C. The molecule has 1 atom stereocenters. The van der Waals surface area contributed by atoms with Gasteiger partial charge in [0.15, 0.2) is 0 Å². The number of nitrogens with two attached hydrogens (primary N) is 2. The quantitative estimate of drug-likeness (QED) is 0.282. The topological polar surface area (TPSA) is 131 Å². The Kier molecular flexibility index (Phi) is 9.23. The number of amides is 4. The maximum Gasteiger partial charge on any atom is 0.419 e. The van der Waals surface area contributed by atoms with Gasteiger partial charge in [-0.05, 0) is 51.0 Å². The summed E-state index contributed by atoms with van der Waals surface area (Å²) >= 11 is 0. The predicted octanol–water partition coefficient (Wildman–Crippen LogP) is 3.14. The van der Waals surface area contributed by atoms with Crippen LogP contribution in [0.1, 0.15) is 47.3 Å². The van der Waals surface area contributed by atoms with Gasteiger partial charge in [-0.2, -0.15) is 13.2 Å². The number of urea groups is 1. The zero-order valence-corrected chi connectivity index (χ0v) is 22.4. The molecule has 12 heteroatoms. The van der Waals surface area contributed by atoms with Crippen molar-refractivity contribution in [3.8, 4) is 0 Å². The molecule has 0 aliphatic carbocycles. The first-order valence-corrected chi connectivity index (χ1v) is 12.8. The Balaban J connectivity index is 1.56. The number of nitrogens with zero attached hydrogens (tertiary/aromatic N) is 2. The van der Waals surface area contributed by atoms with E-state index < -0.39 is 36.1 Å². The fourth-order valence-corrected chi connectivity index (χ4v) is 5.03. The van der Waals surface area contributed by atoms with Crippen LogP contribution >= 0.6 is 0 Å². The molecule has 2 aromatic carbocycles. The van der Waals surface area contributed by atoms with Gasteiger partial charge in [-0.15, -0.1) is 0 Å². The lowest BCUT2D eigenvalue weighted by atomic mass is 10.1. The highest BCUT2D eigenvalue weighted by Crippen LogP contribution is 2.31. The molecule has 0 unspecified atom stereocenters. The number of nitrogens with one attached hydrogen (secondary N) is 2. The van der Waals surface area contributed by atoms with Crippen LogP contribution in [0.2, 0.25) is 0 Å². The van der Waals surface area contributed by atoms with Gasteiger partial charge < -0.3 is 22.1 Å². The number of nitrogen functional groups attached to an aromatic ring is 1. The first-order valence-electron chi connectivity index (χ1n) is 12.8. The van der Waals surface area contributed by atoms with E-state index in [0.29, 0.717) is 38.7 Å². The summed E-state index contributed by atoms with van der Waals surface area (Å²) in [6.07, 6.45) is -3.92. The zero-order valence-electron chi connectivity index (χ0n) is 22.4. The van der Waals surface area contributed by atoms with Crippen LogP contribution in [0.3, 0.4) is 0 Å². The number of carbonyl (C=O) groups is 3. The van der Waals surface area contributed by atoms with Crippen molar-refractivity contribution in [2.45, 2.75) is 46.0 Å². The first kappa shape index (κ1) is 29.9. The lowest BCUT2D eigenvalue weighted by Crippen LogP contribution is -2.57. The number of primary amides is 1. The van der Waals surface area contributed by atoms with E-state index in [0.717, 1.165) is 35.5 Å². The van der Waals surface area contributed by atoms with Gasteiger partial charge in [0.2, 0.25) is 5.91 Å². The highest BCUT2D eigenvalue weighted by Gasteiger charge is 2.36. The van der Waals surface area contributed by atoms with Crippen LogP contribution in [0.4, 0.5) is 29.3 Å². The summed E-state index contributed by atoms with van der Waals surface area (Å²) in [6, 6.07) is 7.95. The molecule has 2 aromatic rings. The summed E-state index contributed by atoms with van der Waals surface area (Å²) < 4.78 is 39.0. The van der Waals surface area contributed by atoms with Crippen molar-refractivity contribution >= 4 is 29.2 Å². The lowest BCUT2D eigenvalue weighted by Gasteiger charge is -2.33. The van der Waals surface area contributed by atoms with Crippen molar-refractivity contribution in [2.75, 3.05) is 38.5 Å². The van der Waals surface area contributed by atoms with Gasteiger partial charge in [-0.3, -0.25) is 14.5 Å². The number of hydrogen-bond acceptors (Lipinski definition) is 5. The highest BCUT2D eigenvalue weighted by atomic mass is 19.4. The molecular formula is C27H36F3N6O3+. The van der Waals surface area contributed by atoms with Crippen molar-refractivity contribution < 1.29 is 27.6 Å². The second kappa shape index (κ2) is 12.0. The average molecular weight is 550 g/mol. The van der Waals surface area contributed by atoms with Crippen molar-refractivity contribution in [1.82, 2.24) is 20.0 Å². The maximum absolute atomic E-state index is 13.0. The van der Waals surface area contributed by atoms with E-state index in [1.165, 1.54) is 0 Å². The summed E-state index contributed by atoms with van der Waals surface area (Å²) in [7, 11) is 0. The van der Waals surface area contributed by atoms with Crippen LogP contribution in [-0.2, 0) is 17.5 Å². The summed E-state index contributed by atoms with van der Waals surface area (Å²) in [4.78, 5) is 39.3. The molecule has 0 radical (unpaired) electrons. The van der Waals surface area contributed by atoms with Crippen LogP contribution in [0.5, 0.6) is 0 Å². The van der Waals surface area contributed by atoms with Crippen molar-refractivity contribution in [3.05, 3.63) is 58.7 Å². The van der Waals surface area contributed by atoms with E-state index in [1.54, 1.807) is 0 Å². The van der Waals surface area contributed by atoms with Gasteiger partial charge in [0.05, 0.1) is 30.8 Å². The monoisotopic (exact) mass is 549 g/mol. The summed E-state index contributed by atoms with van der Waals surface area (Å²) in [5, 5.41) is 5.20. The van der Waals surface area contributed by atoms with E-state index in [1.807, 2.05) is 39.0 Å². The number of benzene rings is 2. The number of hydrogen-bond donors (Lipinski definition) is 4. The Hall–Kier alpha value is -3.64. The zero-order chi connectivity index (χ0) is 29.0. The third kappa shape index (κ3) is 6.87. The van der Waals surface area contributed by atoms with Crippen LogP contribution in [0.25, 0.3) is 0 Å². The van der Waals surface area contributed by atoms with E-state index in [2.05, 4.69) is 15.5 Å². The Morgan fingerprint density at radius 3 is 2.41 bits per heavy atom. The van der Waals surface area contributed by atoms with Gasteiger partial charge in [-0.1, -0.05) is 12.1 Å². The Bertz CT molecular complexity index is 1230. The maximum atomic E-state index is 13.0. The number of halogens is 3. The molecule has 1 saturated heterocycles. The van der Waals surface area contributed by atoms with Gasteiger partial charge in [0.1, 0.15) is 5.69 Å². The molecule has 39 heavy (non-hydrogen) atoms. The average Bonchev–Trinajstić information content (AvgIpc) is 3.31.